The highest BCUT2D eigenvalue weighted by Crippen LogP contribution is 2.22. The van der Waals surface area contributed by atoms with Crippen molar-refractivity contribution in [2.75, 3.05) is 11.9 Å². The molecule has 0 spiro atoms. The van der Waals surface area contributed by atoms with Crippen LogP contribution in [-0.2, 0) is 14.3 Å². The Bertz CT molecular complexity index is 696. The monoisotopic (exact) mass is 331 g/mol. The first kappa shape index (κ1) is 16.8. The first-order chi connectivity index (χ1) is 11.0. The van der Waals surface area contributed by atoms with E-state index < -0.39 is 11.9 Å². The number of ether oxygens (including phenoxy) is 1. The van der Waals surface area contributed by atoms with Gasteiger partial charge in [0.15, 0.2) is 6.61 Å². The fourth-order valence-electron chi connectivity index (χ4n) is 1.59. The molecule has 0 unspecified atom stereocenters. The second-order valence-corrected chi connectivity index (χ2v) is 6.01. The van der Waals surface area contributed by atoms with Gasteiger partial charge >= 0.3 is 5.97 Å². The van der Waals surface area contributed by atoms with Gasteiger partial charge in [-0.3, -0.25) is 10.1 Å². The number of nitrogens with one attached hydrogen (secondary N) is 1. The lowest BCUT2D eigenvalue weighted by Gasteiger charge is -2.01. The van der Waals surface area contributed by atoms with Gasteiger partial charge in [-0.2, -0.15) is 0 Å². The number of nitrogens with zero attached hydrogens (tertiary/aromatic N) is 2. The minimum atomic E-state index is -0.580. The average Bonchev–Trinajstić information content (AvgIpc) is 3.00. The standard InChI is InChI=1S/C16H17N3O3S/c1-11(2)15-18-19-16(23-15)17-13(20)10-22-14(21)9-8-12-6-4-3-5-7-12/h3-9,11H,10H2,1-2H3,(H,17,19,20)/b9-8+. The summed E-state index contributed by atoms with van der Waals surface area (Å²) in [5.74, 6) is -0.777. The predicted molar refractivity (Wildman–Crippen MR) is 89.1 cm³/mol. The molecule has 2 aromatic rings. The van der Waals surface area contributed by atoms with Gasteiger partial charge in [0.25, 0.3) is 5.91 Å². The van der Waals surface area contributed by atoms with Gasteiger partial charge in [-0.25, -0.2) is 4.79 Å². The van der Waals surface area contributed by atoms with Crippen molar-refractivity contribution in [2.24, 2.45) is 0 Å². The third kappa shape index (κ3) is 5.63. The molecule has 0 aliphatic heterocycles. The molecule has 0 saturated carbocycles. The first-order valence-electron chi connectivity index (χ1n) is 7.07. The van der Waals surface area contributed by atoms with Gasteiger partial charge in [0, 0.05) is 12.0 Å². The molecule has 6 nitrogen and oxygen atoms in total. The maximum absolute atomic E-state index is 11.7. The number of carbonyl (C=O) groups is 2. The second-order valence-electron chi connectivity index (χ2n) is 5.00. The Morgan fingerprint density at radius 2 is 2.00 bits per heavy atom. The van der Waals surface area contributed by atoms with Crippen LogP contribution < -0.4 is 5.32 Å². The lowest BCUT2D eigenvalue weighted by atomic mass is 10.2. The van der Waals surface area contributed by atoms with Crippen molar-refractivity contribution in [3.8, 4) is 0 Å². The summed E-state index contributed by atoms with van der Waals surface area (Å²) in [6.45, 7) is 3.62. The van der Waals surface area contributed by atoms with Crippen molar-refractivity contribution < 1.29 is 14.3 Å². The number of carbonyl (C=O) groups excluding carboxylic acids is 2. The van der Waals surface area contributed by atoms with Crippen molar-refractivity contribution in [1.29, 1.82) is 0 Å². The maximum atomic E-state index is 11.7. The van der Waals surface area contributed by atoms with Crippen LogP contribution in [0.1, 0.15) is 30.3 Å². The van der Waals surface area contributed by atoms with E-state index in [1.54, 1.807) is 6.08 Å². The normalized spacial score (nSPS) is 10.9. The summed E-state index contributed by atoms with van der Waals surface area (Å²) < 4.78 is 4.87. The largest absolute Gasteiger partial charge is 0.452 e. The molecular weight excluding hydrogens is 314 g/mol. The molecule has 0 fully saturated rings. The zero-order chi connectivity index (χ0) is 16.7. The van der Waals surface area contributed by atoms with Gasteiger partial charge in [0.1, 0.15) is 5.01 Å². The molecule has 120 valence electrons. The summed E-state index contributed by atoms with van der Waals surface area (Å²) in [6.07, 6.45) is 2.91. The summed E-state index contributed by atoms with van der Waals surface area (Å²) >= 11 is 1.30. The first-order valence-corrected chi connectivity index (χ1v) is 7.89. The Morgan fingerprint density at radius 1 is 1.26 bits per heavy atom. The highest BCUT2D eigenvalue weighted by molar-refractivity contribution is 7.15. The molecule has 0 atom stereocenters. The number of hydrogen-bond acceptors (Lipinski definition) is 6. The molecule has 0 bridgehead atoms. The topological polar surface area (TPSA) is 81.2 Å². The summed E-state index contributed by atoms with van der Waals surface area (Å²) in [7, 11) is 0. The number of rotatable bonds is 6. The number of amides is 1. The molecule has 7 heteroatoms. The molecule has 0 aliphatic carbocycles. The second kappa shape index (κ2) is 8.19. The number of aromatic nitrogens is 2. The van der Waals surface area contributed by atoms with Crippen LogP contribution in [-0.4, -0.2) is 28.7 Å². The van der Waals surface area contributed by atoms with E-state index in [2.05, 4.69) is 15.5 Å². The molecule has 1 N–H and O–H groups in total. The summed E-state index contributed by atoms with van der Waals surface area (Å²) in [5.41, 5.74) is 0.879. The van der Waals surface area contributed by atoms with Gasteiger partial charge in [-0.15, -0.1) is 10.2 Å². The van der Waals surface area contributed by atoms with Gasteiger partial charge in [0.2, 0.25) is 5.13 Å². The van der Waals surface area contributed by atoms with Crippen LogP contribution in [0.15, 0.2) is 36.4 Å². The minimum Gasteiger partial charge on any atom is -0.452 e. The number of benzene rings is 1. The molecule has 0 radical (unpaired) electrons. The molecule has 1 heterocycles. The van der Waals surface area contributed by atoms with Gasteiger partial charge in [-0.1, -0.05) is 55.5 Å². The van der Waals surface area contributed by atoms with E-state index in [1.807, 2.05) is 44.2 Å². The molecule has 2 rings (SSSR count). The van der Waals surface area contributed by atoms with E-state index in [-0.39, 0.29) is 12.5 Å². The molecule has 0 aliphatic rings. The highest BCUT2D eigenvalue weighted by atomic mass is 32.1. The molecular formula is C16H17N3O3S. The minimum absolute atomic E-state index is 0.249. The summed E-state index contributed by atoms with van der Waals surface area (Å²) in [4.78, 5) is 23.2. The van der Waals surface area contributed by atoms with Crippen LogP contribution in [0.3, 0.4) is 0 Å². The van der Waals surface area contributed by atoms with Gasteiger partial charge in [0.05, 0.1) is 0 Å². The molecule has 23 heavy (non-hydrogen) atoms. The Labute approximate surface area is 138 Å². The number of esters is 1. The van der Waals surface area contributed by atoms with E-state index >= 15 is 0 Å². The predicted octanol–water partition coefficient (Wildman–Crippen LogP) is 2.86. The van der Waals surface area contributed by atoms with E-state index in [0.29, 0.717) is 5.13 Å². The van der Waals surface area contributed by atoms with Crippen LogP contribution in [0.25, 0.3) is 6.08 Å². The van der Waals surface area contributed by atoms with Crippen molar-refractivity contribution in [3.63, 3.8) is 0 Å². The smallest absolute Gasteiger partial charge is 0.331 e. The Kier molecular flexibility index (Phi) is 5.99. The van der Waals surface area contributed by atoms with Gasteiger partial charge < -0.3 is 4.74 Å². The van der Waals surface area contributed by atoms with Crippen molar-refractivity contribution in [2.45, 2.75) is 19.8 Å². The Balaban J connectivity index is 1.77. The molecule has 1 aromatic heterocycles. The fraction of sp³-hybridized carbons (Fsp3) is 0.250. The maximum Gasteiger partial charge on any atom is 0.331 e. The van der Waals surface area contributed by atoms with Crippen molar-refractivity contribution in [3.05, 3.63) is 47.0 Å². The van der Waals surface area contributed by atoms with Crippen LogP contribution in [0, 0.1) is 0 Å². The SMILES string of the molecule is CC(C)c1nnc(NC(=O)COC(=O)/C=C/c2ccccc2)s1. The Morgan fingerprint density at radius 3 is 2.65 bits per heavy atom. The van der Waals surface area contributed by atoms with E-state index in [4.69, 9.17) is 4.74 Å². The van der Waals surface area contributed by atoms with Crippen LogP contribution in [0.4, 0.5) is 5.13 Å². The zero-order valence-corrected chi connectivity index (χ0v) is 13.7. The Hall–Kier alpha value is -2.54. The van der Waals surface area contributed by atoms with Gasteiger partial charge in [-0.05, 0) is 11.6 Å². The molecule has 1 aromatic carbocycles. The molecule has 0 saturated heterocycles. The van der Waals surface area contributed by atoms with Crippen molar-refractivity contribution in [1.82, 2.24) is 10.2 Å². The average molecular weight is 331 g/mol. The number of hydrogen-bond donors (Lipinski definition) is 1. The third-order valence-electron chi connectivity index (χ3n) is 2.74. The van der Waals surface area contributed by atoms with Crippen LogP contribution in [0.5, 0.6) is 0 Å². The fourth-order valence-corrected chi connectivity index (χ4v) is 2.35. The van der Waals surface area contributed by atoms with E-state index in [9.17, 15) is 9.59 Å². The van der Waals surface area contributed by atoms with Crippen LogP contribution in [0.2, 0.25) is 0 Å². The van der Waals surface area contributed by atoms with Crippen molar-refractivity contribution >= 4 is 34.4 Å². The zero-order valence-electron chi connectivity index (χ0n) is 12.9. The van der Waals surface area contributed by atoms with E-state index in [0.717, 1.165) is 10.6 Å². The lowest BCUT2D eigenvalue weighted by molar-refractivity contribution is -0.142. The summed E-state index contributed by atoms with van der Waals surface area (Å²) in [5, 5.41) is 11.6. The number of anilines is 1. The van der Waals surface area contributed by atoms with E-state index in [1.165, 1.54) is 17.4 Å². The molecule has 1 amide bonds. The highest BCUT2D eigenvalue weighted by Gasteiger charge is 2.11. The summed E-state index contributed by atoms with van der Waals surface area (Å²) in [6, 6.07) is 9.34. The quantitative estimate of drug-likeness (QED) is 0.650. The lowest BCUT2D eigenvalue weighted by Crippen LogP contribution is -2.20. The third-order valence-corrected chi connectivity index (χ3v) is 3.88. The van der Waals surface area contributed by atoms with Crippen LogP contribution >= 0.6 is 11.3 Å².